The van der Waals surface area contributed by atoms with E-state index < -0.39 is 17.8 Å². The van der Waals surface area contributed by atoms with E-state index in [0.717, 1.165) is 36.3 Å². The van der Waals surface area contributed by atoms with Crippen molar-refractivity contribution < 1.29 is 19.1 Å². The smallest absolute Gasteiger partial charge is 0.337 e. The maximum Gasteiger partial charge on any atom is 0.337 e. The Morgan fingerprint density at radius 2 is 1.78 bits per heavy atom. The van der Waals surface area contributed by atoms with E-state index >= 15 is 0 Å². The van der Waals surface area contributed by atoms with Gasteiger partial charge in [-0.2, -0.15) is 0 Å². The molecular weight excluding hydrogens is 486 g/mol. The van der Waals surface area contributed by atoms with Gasteiger partial charge in [0.25, 0.3) is 11.8 Å². The Morgan fingerprint density at radius 3 is 2.46 bits per heavy atom. The van der Waals surface area contributed by atoms with Crippen molar-refractivity contribution in [2.24, 2.45) is 0 Å². The van der Waals surface area contributed by atoms with Gasteiger partial charge in [0.05, 0.1) is 18.4 Å². The molecule has 1 N–H and O–H groups in total. The third-order valence-corrected chi connectivity index (χ3v) is 6.70. The fourth-order valence-corrected chi connectivity index (χ4v) is 4.74. The number of ether oxygens (including phenoxy) is 1. The second kappa shape index (κ2) is 10.9. The summed E-state index contributed by atoms with van der Waals surface area (Å²) in [4.78, 5) is 39.7. The number of anilines is 1. The lowest BCUT2D eigenvalue weighted by molar-refractivity contribution is -0.122. The van der Waals surface area contributed by atoms with E-state index in [-0.39, 0.29) is 10.7 Å². The van der Waals surface area contributed by atoms with Crippen molar-refractivity contribution in [1.82, 2.24) is 9.88 Å². The topological polar surface area (TPSA) is 80.6 Å². The predicted octanol–water partition coefficient (Wildman–Crippen LogP) is 5.05. The van der Waals surface area contributed by atoms with Gasteiger partial charge in [-0.25, -0.2) is 4.79 Å². The number of nitrogens with zero attached hydrogens (tertiary/aromatic N) is 2. The summed E-state index contributed by atoms with van der Waals surface area (Å²) >= 11 is 5.35. The molecule has 0 atom stereocenters. The highest BCUT2D eigenvalue weighted by Crippen LogP contribution is 2.27. The summed E-state index contributed by atoms with van der Waals surface area (Å²) in [7, 11) is 1.34. The van der Waals surface area contributed by atoms with Gasteiger partial charge in [-0.15, -0.1) is 0 Å². The van der Waals surface area contributed by atoms with Crippen LogP contribution in [0.3, 0.4) is 0 Å². The second-order valence-electron chi connectivity index (χ2n) is 8.93. The van der Waals surface area contributed by atoms with Crippen molar-refractivity contribution in [3.8, 4) is 5.69 Å². The van der Waals surface area contributed by atoms with Crippen LogP contribution in [0.5, 0.6) is 0 Å². The van der Waals surface area contributed by atoms with Crippen molar-refractivity contribution in [3.63, 3.8) is 0 Å². The number of thiocarbonyl (C=S) groups is 1. The molecular formula is C29H29N3O4S. The van der Waals surface area contributed by atoms with Crippen molar-refractivity contribution in [1.29, 1.82) is 0 Å². The number of nitrogens with one attached hydrogen (secondary N) is 1. The summed E-state index contributed by atoms with van der Waals surface area (Å²) in [5, 5.41) is 2.70. The van der Waals surface area contributed by atoms with E-state index in [0.29, 0.717) is 16.8 Å². The van der Waals surface area contributed by atoms with E-state index in [4.69, 9.17) is 17.0 Å². The number of methoxy groups -OCH3 is 1. The lowest BCUT2D eigenvalue weighted by Gasteiger charge is -2.29. The van der Waals surface area contributed by atoms with Crippen LogP contribution in [0.1, 0.15) is 52.6 Å². The molecule has 2 amide bonds. The molecule has 0 saturated carbocycles. The number of carbonyl (C=O) groups is 3. The average Bonchev–Trinajstić information content (AvgIpc) is 3.17. The predicted molar refractivity (Wildman–Crippen MR) is 148 cm³/mol. The lowest BCUT2D eigenvalue weighted by atomic mass is 10.1. The van der Waals surface area contributed by atoms with Crippen LogP contribution in [0.15, 0.2) is 60.2 Å². The standard InChI is InChI=1S/C29H29N3O4S/c1-5-6-8-20-11-13-23(14-12-20)32-27(34)25(26(33)30-29(32)37)17-22-15-18(2)31(19(22)3)24-10-7-9-21(16-24)28(35)36-4/h7,9-17H,5-6,8H2,1-4H3,(H,30,33,37). The molecule has 7 nitrogen and oxygen atoms in total. The number of esters is 1. The summed E-state index contributed by atoms with van der Waals surface area (Å²) in [6.45, 7) is 5.96. The molecule has 2 heterocycles. The number of carbonyl (C=O) groups excluding carboxylic acids is 3. The molecule has 0 unspecified atom stereocenters. The molecule has 0 radical (unpaired) electrons. The van der Waals surface area contributed by atoms with Gasteiger partial charge < -0.3 is 9.30 Å². The molecule has 8 heteroatoms. The first kappa shape index (κ1) is 26.0. The number of unbranched alkanes of at least 4 members (excludes halogenated alkanes) is 1. The zero-order chi connectivity index (χ0) is 26.7. The molecule has 190 valence electrons. The number of hydrogen-bond donors (Lipinski definition) is 1. The number of aromatic nitrogens is 1. The first-order valence-corrected chi connectivity index (χ1v) is 12.5. The first-order chi connectivity index (χ1) is 17.7. The molecule has 1 fully saturated rings. The maximum atomic E-state index is 13.5. The third-order valence-electron chi connectivity index (χ3n) is 6.41. The molecule has 1 saturated heterocycles. The third kappa shape index (κ3) is 5.24. The van der Waals surface area contributed by atoms with Crippen LogP contribution in [0.2, 0.25) is 0 Å². The van der Waals surface area contributed by atoms with E-state index in [1.165, 1.54) is 17.6 Å². The van der Waals surface area contributed by atoms with Crippen LogP contribution in [0, 0.1) is 13.8 Å². The largest absolute Gasteiger partial charge is 0.465 e. The molecule has 1 aliphatic rings. The van der Waals surface area contributed by atoms with E-state index in [2.05, 4.69) is 12.2 Å². The molecule has 0 aliphatic carbocycles. The van der Waals surface area contributed by atoms with Crippen LogP contribution in [0.25, 0.3) is 11.8 Å². The van der Waals surface area contributed by atoms with Crippen LogP contribution in [-0.2, 0) is 20.7 Å². The van der Waals surface area contributed by atoms with Gasteiger partial charge in [-0.3, -0.25) is 19.8 Å². The zero-order valence-electron chi connectivity index (χ0n) is 21.3. The maximum absolute atomic E-state index is 13.5. The van der Waals surface area contributed by atoms with Gasteiger partial charge >= 0.3 is 5.97 Å². The molecule has 0 bridgehead atoms. The van der Waals surface area contributed by atoms with Crippen molar-refractivity contribution in [3.05, 3.63) is 88.2 Å². The molecule has 37 heavy (non-hydrogen) atoms. The summed E-state index contributed by atoms with van der Waals surface area (Å²) in [6, 6.07) is 16.7. The van der Waals surface area contributed by atoms with E-state index in [1.54, 1.807) is 24.3 Å². The fourth-order valence-electron chi connectivity index (χ4n) is 4.46. The minimum absolute atomic E-state index is 0.00720. The summed E-state index contributed by atoms with van der Waals surface area (Å²) in [5.74, 6) is -1.44. The first-order valence-electron chi connectivity index (χ1n) is 12.1. The van der Waals surface area contributed by atoms with Gasteiger partial charge in [0, 0.05) is 17.1 Å². The van der Waals surface area contributed by atoms with Crippen molar-refractivity contribution in [2.75, 3.05) is 12.0 Å². The Kier molecular flexibility index (Phi) is 7.69. The quantitative estimate of drug-likeness (QED) is 0.206. The molecule has 1 aliphatic heterocycles. The van der Waals surface area contributed by atoms with Crippen LogP contribution in [0.4, 0.5) is 5.69 Å². The Hall–Kier alpha value is -4.04. The Balaban J connectivity index is 1.68. The van der Waals surface area contributed by atoms with Gasteiger partial charge in [-0.1, -0.05) is 31.5 Å². The second-order valence-corrected chi connectivity index (χ2v) is 9.32. The van der Waals surface area contributed by atoms with Gasteiger partial charge in [0.15, 0.2) is 5.11 Å². The number of aryl methyl sites for hydroxylation is 2. The highest BCUT2D eigenvalue weighted by atomic mass is 32.1. The SMILES string of the molecule is CCCCc1ccc(N2C(=O)C(=Cc3cc(C)n(-c4cccc(C(=O)OC)c4)c3C)C(=O)NC2=S)cc1. The minimum Gasteiger partial charge on any atom is -0.465 e. The van der Waals surface area contributed by atoms with Gasteiger partial charge in [-0.05, 0) is 92.5 Å². The molecule has 1 aromatic heterocycles. The van der Waals surface area contributed by atoms with Gasteiger partial charge in [0.1, 0.15) is 5.57 Å². The molecule has 0 spiro atoms. The zero-order valence-corrected chi connectivity index (χ0v) is 22.1. The molecule has 4 rings (SSSR count). The Labute approximate surface area is 221 Å². The number of amides is 2. The molecule has 2 aromatic carbocycles. The highest BCUT2D eigenvalue weighted by molar-refractivity contribution is 7.80. The number of hydrogen-bond acceptors (Lipinski definition) is 5. The number of benzene rings is 2. The highest BCUT2D eigenvalue weighted by Gasteiger charge is 2.34. The van der Waals surface area contributed by atoms with Crippen LogP contribution < -0.4 is 10.2 Å². The van der Waals surface area contributed by atoms with E-state index in [9.17, 15) is 14.4 Å². The van der Waals surface area contributed by atoms with Gasteiger partial charge in [0.2, 0.25) is 0 Å². The number of rotatable bonds is 7. The van der Waals surface area contributed by atoms with Crippen molar-refractivity contribution >= 4 is 46.9 Å². The summed E-state index contributed by atoms with van der Waals surface area (Å²) in [5.41, 5.74) is 5.38. The van der Waals surface area contributed by atoms with Crippen LogP contribution in [-0.4, -0.2) is 34.6 Å². The van der Waals surface area contributed by atoms with Crippen molar-refractivity contribution in [2.45, 2.75) is 40.0 Å². The van der Waals surface area contributed by atoms with E-state index in [1.807, 2.05) is 54.8 Å². The van der Waals surface area contributed by atoms with Crippen LogP contribution >= 0.6 is 12.2 Å². The minimum atomic E-state index is -0.539. The average molecular weight is 516 g/mol. The lowest BCUT2D eigenvalue weighted by Crippen LogP contribution is -2.54. The normalized spacial score (nSPS) is 14.8. The summed E-state index contributed by atoms with van der Waals surface area (Å²) in [6.07, 6.45) is 4.75. The molecule has 3 aromatic rings. The monoisotopic (exact) mass is 515 g/mol. The Morgan fingerprint density at radius 1 is 1.05 bits per heavy atom. The summed E-state index contributed by atoms with van der Waals surface area (Å²) < 4.78 is 6.80. The Bertz CT molecular complexity index is 1420. The fraction of sp³-hybridized carbons (Fsp3) is 0.241.